The Morgan fingerprint density at radius 1 is 1.44 bits per heavy atom. The highest BCUT2D eigenvalue weighted by atomic mass is 16.5. The van der Waals surface area contributed by atoms with Gasteiger partial charge in [-0.05, 0) is 11.8 Å². The molecule has 2 N–H and O–H groups in total. The smallest absolute Gasteiger partial charge is 0.334 e. The first kappa shape index (κ1) is 14.8. The number of carboxylic acids is 1. The van der Waals surface area contributed by atoms with Crippen LogP contribution in [0.1, 0.15) is 27.2 Å². The second-order valence-electron chi connectivity index (χ2n) is 5.69. The molecule has 1 aliphatic heterocycles. The van der Waals surface area contributed by atoms with Crippen LogP contribution in [0.25, 0.3) is 0 Å². The Kier molecular flexibility index (Phi) is 4.95. The van der Waals surface area contributed by atoms with Gasteiger partial charge >= 0.3 is 12.0 Å². The van der Waals surface area contributed by atoms with E-state index in [1.165, 1.54) is 4.90 Å². The molecule has 1 saturated heterocycles. The first-order valence-corrected chi connectivity index (χ1v) is 6.17. The summed E-state index contributed by atoms with van der Waals surface area (Å²) in [7, 11) is 0. The van der Waals surface area contributed by atoms with Gasteiger partial charge in [0.1, 0.15) is 0 Å². The summed E-state index contributed by atoms with van der Waals surface area (Å²) in [6.07, 6.45) is -0.0297. The lowest BCUT2D eigenvalue weighted by Gasteiger charge is -2.31. The van der Waals surface area contributed by atoms with Crippen LogP contribution in [0.2, 0.25) is 0 Å². The molecule has 0 bridgehead atoms. The molecule has 6 heteroatoms. The van der Waals surface area contributed by atoms with Crippen molar-refractivity contribution >= 4 is 12.0 Å². The molecule has 104 valence electrons. The van der Waals surface area contributed by atoms with Crippen molar-refractivity contribution in [3.8, 4) is 0 Å². The van der Waals surface area contributed by atoms with Crippen molar-refractivity contribution in [3.63, 3.8) is 0 Å². The molecule has 1 heterocycles. The van der Waals surface area contributed by atoms with Crippen LogP contribution in [-0.4, -0.2) is 54.4 Å². The number of ether oxygens (including phenoxy) is 1. The van der Waals surface area contributed by atoms with E-state index in [0.29, 0.717) is 13.1 Å². The van der Waals surface area contributed by atoms with Gasteiger partial charge in [-0.1, -0.05) is 20.8 Å². The van der Waals surface area contributed by atoms with Gasteiger partial charge in [0.2, 0.25) is 0 Å². The Hall–Kier alpha value is -1.30. The third-order valence-electron chi connectivity index (χ3n) is 2.78. The fourth-order valence-corrected chi connectivity index (χ4v) is 1.64. The van der Waals surface area contributed by atoms with Gasteiger partial charge in [0, 0.05) is 13.1 Å². The summed E-state index contributed by atoms with van der Waals surface area (Å²) in [5.41, 5.74) is 0.169. The second-order valence-corrected chi connectivity index (χ2v) is 5.69. The van der Waals surface area contributed by atoms with E-state index in [0.717, 1.165) is 6.42 Å². The van der Waals surface area contributed by atoms with Gasteiger partial charge in [-0.15, -0.1) is 0 Å². The van der Waals surface area contributed by atoms with E-state index in [1.807, 2.05) is 0 Å². The van der Waals surface area contributed by atoms with Gasteiger partial charge in [0.25, 0.3) is 0 Å². The summed E-state index contributed by atoms with van der Waals surface area (Å²) < 4.78 is 5.06. The Labute approximate surface area is 107 Å². The minimum absolute atomic E-state index is 0.108. The number of nitrogens with one attached hydrogen (secondary N) is 1. The highest BCUT2D eigenvalue weighted by molar-refractivity contribution is 5.77. The molecular weight excluding hydrogens is 236 g/mol. The number of nitrogens with zero attached hydrogens (tertiary/aromatic N) is 1. The summed E-state index contributed by atoms with van der Waals surface area (Å²) >= 11 is 0. The van der Waals surface area contributed by atoms with E-state index in [2.05, 4.69) is 26.1 Å². The number of rotatable bonds is 3. The van der Waals surface area contributed by atoms with E-state index in [1.54, 1.807) is 0 Å². The normalized spacial score (nSPS) is 20.6. The van der Waals surface area contributed by atoms with Crippen molar-refractivity contribution in [1.29, 1.82) is 0 Å². The van der Waals surface area contributed by atoms with Crippen molar-refractivity contribution in [2.75, 3.05) is 26.2 Å². The topological polar surface area (TPSA) is 78.9 Å². The van der Waals surface area contributed by atoms with Gasteiger partial charge in [0.05, 0.1) is 13.2 Å². The van der Waals surface area contributed by atoms with Crippen LogP contribution in [0.3, 0.4) is 0 Å². The van der Waals surface area contributed by atoms with Crippen molar-refractivity contribution < 1.29 is 19.4 Å². The summed E-state index contributed by atoms with van der Waals surface area (Å²) in [6.45, 7) is 7.72. The Bertz CT molecular complexity index is 312. The Morgan fingerprint density at radius 2 is 2.11 bits per heavy atom. The van der Waals surface area contributed by atoms with E-state index in [9.17, 15) is 9.59 Å². The van der Waals surface area contributed by atoms with Gasteiger partial charge in [-0.2, -0.15) is 0 Å². The molecule has 6 nitrogen and oxygen atoms in total. The molecule has 0 saturated carbocycles. The number of carbonyl (C=O) groups excluding carboxylic acids is 1. The van der Waals surface area contributed by atoms with Crippen LogP contribution in [0, 0.1) is 5.41 Å². The average molecular weight is 258 g/mol. The molecular formula is C12H22N2O4. The molecule has 1 unspecified atom stereocenters. The van der Waals surface area contributed by atoms with Crippen LogP contribution >= 0.6 is 0 Å². The standard InChI is InChI=1S/C12H22N2O4/c1-12(2,3)4-5-13-11(17)14-6-7-18-9(8-14)10(15)16/h9H,4-8H2,1-3H3,(H,13,17)(H,15,16). The van der Waals surface area contributed by atoms with Crippen LogP contribution < -0.4 is 5.32 Å². The maximum Gasteiger partial charge on any atom is 0.334 e. The number of carboxylic acid groups (broad SMARTS) is 1. The number of carbonyl (C=O) groups is 2. The fourth-order valence-electron chi connectivity index (χ4n) is 1.64. The second kappa shape index (κ2) is 6.04. The van der Waals surface area contributed by atoms with E-state index in [-0.39, 0.29) is 24.6 Å². The van der Waals surface area contributed by atoms with Crippen molar-refractivity contribution in [3.05, 3.63) is 0 Å². The molecule has 0 aromatic heterocycles. The number of aliphatic carboxylic acids is 1. The zero-order chi connectivity index (χ0) is 13.8. The van der Waals surface area contributed by atoms with Crippen LogP contribution in [0.15, 0.2) is 0 Å². The molecule has 2 amide bonds. The summed E-state index contributed by atoms with van der Waals surface area (Å²) in [5, 5.41) is 11.6. The summed E-state index contributed by atoms with van der Waals surface area (Å²) in [6, 6.07) is -0.214. The van der Waals surface area contributed by atoms with Gasteiger partial charge < -0.3 is 20.1 Å². The fraction of sp³-hybridized carbons (Fsp3) is 0.833. The molecule has 0 radical (unpaired) electrons. The van der Waals surface area contributed by atoms with Crippen molar-refractivity contribution in [2.45, 2.75) is 33.3 Å². The molecule has 0 spiro atoms. The number of hydrogen-bond donors (Lipinski definition) is 2. The number of urea groups is 1. The minimum atomic E-state index is -1.03. The predicted molar refractivity (Wildman–Crippen MR) is 66.4 cm³/mol. The SMILES string of the molecule is CC(C)(C)CCNC(=O)N1CCOC(C(=O)O)C1. The lowest BCUT2D eigenvalue weighted by molar-refractivity contribution is -0.154. The molecule has 1 rings (SSSR count). The third-order valence-corrected chi connectivity index (χ3v) is 2.78. The maximum absolute atomic E-state index is 11.8. The average Bonchev–Trinajstić information content (AvgIpc) is 2.27. The molecule has 1 atom stereocenters. The third kappa shape index (κ3) is 4.91. The first-order valence-electron chi connectivity index (χ1n) is 6.17. The van der Waals surface area contributed by atoms with E-state index < -0.39 is 12.1 Å². The maximum atomic E-state index is 11.8. The number of hydrogen-bond acceptors (Lipinski definition) is 3. The molecule has 18 heavy (non-hydrogen) atoms. The first-order chi connectivity index (χ1) is 8.29. The highest BCUT2D eigenvalue weighted by Gasteiger charge is 2.28. The lowest BCUT2D eigenvalue weighted by Crippen LogP contribution is -2.52. The lowest BCUT2D eigenvalue weighted by atomic mass is 9.92. The Balaban J connectivity index is 2.35. The minimum Gasteiger partial charge on any atom is -0.479 e. The van der Waals surface area contributed by atoms with Gasteiger partial charge in [0.15, 0.2) is 6.10 Å². The van der Waals surface area contributed by atoms with Crippen molar-refractivity contribution in [2.24, 2.45) is 5.41 Å². The highest BCUT2D eigenvalue weighted by Crippen LogP contribution is 2.17. The molecule has 0 aliphatic carbocycles. The van der Waals surface area contributed by atoms with Crippen LogP contribution in [0.4, 0.5) is 4.79 Å². The molecule has 1 aliphatic rings. The molecule has 0 aromatic rings. The van der Waals surface area contributed by atoms with Crippen LogP contribution in [-0.2, 0) is 9.53 Å². The van der Waals surface area contributed by atoms with Gasteiger partial charge in [-0.3, -0.25) is 0 Å². The van der Waals surface area contributed by atoms with Gasteiger partial charge in [-0.25, -0.2) is 9.59 Å². The monoisotopic (exact) mass is 258 g/mol. The zero-order valence-corrected chi connectivity index (χ0v) is 11.2. The molecule has 0 aromatic carbocycles. The van der Waals surface area contributed by atoms with E-state index >= 15 is 0 Å². The number of amides is 2. The Morgan fingerprint density at radius 3 is 2.67 bits per heavy atom. The molecule has 1 fully saturated rings. The summed E-state index contributed by atoms with van der Waals surface area (Å²) in [5.74, 6) is -1.03. The van der Waals surface area contributed by atoms with Crippen LogP contribution in [0.5, 0.6) is 0 Å². The largest absolute Gasteiger partial charge is 0.479 e. The summed E-state index contributed by atoms with van der Waals surface area (Å²) in [4.78, 5) is 24.1. The van der Waals surface area contributed by atoms with E-state index in [4.69, 9.17) is 9.84 Å². The van der Waals surface area contributed by atoms with Crippen molar-refractivity contribution in [1.82, 2.24) is 10.2 Å². The predicted octanol–water partition coefficient (Wildman–Crippen LogP) is 0.918. The number of morpholine rings is 1. The zero-order valence-electron chi connectivity index (χ0n) is 11.2. The quantitative estimate of drug-likeness (QED) is 0.789.